The number of hydrogen-bond acceptors (Lipinski definition) is 17. The Morgan fingerprint density at radius 3 is 1.83 bits per heavy atom. The third kappa shape index (κ3) is 6.79. The van der Waals surface area contributed by atoms with Gasteiger partial charge in [-0.25, -0.2) is 8.37 Å². The van der Waals surface area contributed by atoms with Crippen molar-refractivity contribution in [3.63, 3.8) is 0 Å². The molecule has 2 heterocycles. The van der Waals surface area contributed by atoms with Crippen molar-refractivity contribution in [2.75, 3.05) is 13.2 Å². The zero-order valence-corrected chi connectivity index (χ0v) is 19.3. The molecule has 0 amide bonds. The number of rotatable bonds is 9. The second-order valence-corrected chi connectivity index (χ2v) is 11.0. The summed E-state index contributed by atoms with van der Waals surface area (Å²) < 4.78 is 117. The van der Waals surface area contributed by atoms with Crippen molar-refractivity contribution >= 4 is 30.9 Å². The van der Waals surface area contributed by atoms with E-state index in [2.05, 4.69) is 8.37 Å². The van der Waals surface area contributed by atoms with Gasteiger partial charge >= 0.3 is 30.9 Å². The van der Waals surface area contributed by atoms with Gasteiger partial charge in [-0.2, -0.15) is 25.3 Å². The summed E-state index contributed by atoms with van der Waals surface area (Å²) in [4.78, 5) is -3.96. The molecule has 2 saturated heterocycles. The van der Waals surface area contributed by atoms with Crippen molar-refractivity contribution in [3.8, 4) is 0 Å². The maximum atomic E-state index is 11.8. The maximum absolute atomic E-state index is 11.8. The summed E-state index contributed by atoms with van der Waals surface area (Å²) in [6.07, 6.45) is -21.9. The van der Waals surface area contributed by atoms with Crippen LogP contribution in [0.2, 0.25) is 0 Å². The van der Waals surface area contributed by atoms with E-state index in [1.165, 1.54) is 0 Å². The van der Waals surface area contributed by atoms with E-state index >= 15 is 0 Å². The molecule has 0 aliphatic carbocycles. The predicted molar refractivity (Wildman–Crippen MR) is 99.9 cm³/mol. The molecule has 35 heavy (non-hydrogen) atoms. The van der Waals surface area contributed by atoms with Crippen LogP contribution in [0.25, 0.3) is 0 Å². The van der Waals surface area contributed by atoms with Crippen LogP contribution in [-0.4, -0.2) is 143 Å². The molecule has 0 aromatic carbocycles. The van der Waals surface area contributed by atoms with Crippen LogP contribution in [0.3, 0.4) is 0 Å². The lowest BCUT2D eigenvalue weighted by Gasteiger charge is -2.48. The summed E-state index contributed by atoms with van der Waals surface area (Å²) >= 11 is 0. The van der Waals surface area contributed by atoms with E-state index < -0.39 is 104 Å². The first-order valence-electron chi connectivity index (χ1n) is 8.99. The molecule has 0 saturated carbocycles. The van der Waals surface area contributed by atoms with Crippen LogP contribution in [0.4, 0.5) is 0 Å². The van der Waals surface area contributed by atoms with Crippen molar-refractivity contribution in [1.82, 2.24) is 0 Å². The van der Waals surface area contributed by atoms with Gasteiger partial charge in [-0.15, -0.1) is 0 Å². The van der Waals surface area contributed by atoms with E-state index in [0.717, 1.165) is 0 Å². The van der Waals surface area contributed by atoms with Gasteiger partial charge in [0.05, 0.1) is 13.2 Å². The van der Waals surface area contributed by atoms with Gasteiger partial charge in [-0.1, -0.05) is 0 Å². The standard InChI is InChI=1S/C12H22O20S3/c13-1-3-5(14)9(16)12(18,33(19,20)21)11(30-3)31-7-4(2-28-34(22,23)24)29-10(17)8(6(7)15)32-35(25,26)27/h3-11,13-18H,1-2H2,(H,19,20,21)(H,22,23,24)(H,25,26,27)/t3-,4-,5+,6+,7+,8-,9+,10+,11-,12+/m1/s1. The van der Waals surface area contributed by atoms with E-state index in [0.29, 0.717) is 0 Å². The van der Waals surface area contributed by atoms with E-state index in [9.17, 15) is 60.4 Å². The summed E-state index contributed by atoms with van der Waals surface area (Å²) in [6.45, 7) is -2.49. The highest BCUT2D eigenvalue weighted by Crippen LogP contribution is 2.37. The lowest BCUT2D eigenvalue weighted by atomic mass is 9.96. The van der Waals surface area contributed by atoms with Gasteiger partial charge in [0, 0.05) is 0 Å². The SMILES string of the molecule is O=S(=O)(O)OC[C@H]1O[C@H](O)[C@H](OS(=O)(=O)O)[C@@H](O)[C@H]1O[C@H]1O[C@H](CO)[C@H](O)[C@H](O)[C@]1(O)S(=O)(=O)O. The van der Waals surface area contributed by atoms with Crippen molar-refractivity contribution in [1.29, 1.82) is 0 Å². The average Bonchev–Trinajstić information content (AvgIpc) is 2.69. The minimum Gasteiger partial charge on any atom is -0.394 e. The van der Waals surface area contributed by atoms with Crippen LogP contribution in [0, 0.1) is 0 Å². The van der Waals surface area contributed by atoms with Crippen molar-refractivity contribution < 1.29 is 92.1 Å². The highest BCUT2D eigenvalue weighted by molar-refractivity contribution is 7.87. The highest BCUT2D eigenvalue weighted by Gasteiger charge is 2.65. The predicted octanol–water partition coefficient (Wildman–Crippen LogP) is -6.53. The molecule has 20 nitrogen and oxygen atoms in total. The molecule has 208 valence electrons. The summed E-state index contributed by atoms with van der Waals surface area (Å²) in [5.74, 6) is 0. The van der Waals surface area contributed by atoms with Gasteiger partial charge in [-0.05, 0) is 0 Å². The Morgan fingerprint density at radius 1 is 0.800 bits per heavy atom. The molecule has 0 aromatic heterocycles. The summed E-state index contributed by atoms with van der Waals surface area (Å²) in [5.41, 5.74) is 0. The van der Waals surface area contributed by atoms with Crippen molar-refractivity contribution in [2.24, 2.45) is 0 Å². The van der Waals surface area contributed by atoms with Gasteiger partial charge in [0.25, 0.3) is 4.93 Å². The molecular weight excluding hydrogens is 560 g/mol. The molecule has 23 heteroatoms. The minimum absolute atomic E-state index is 1.15. The Morgan fingerprint density at radius 2 is 1.37 bits per heavy atom. The van der Waals surface area contributed by atoms with Gasteiger partial charge in [-0.3, -0.25) is 13.7 Å². The Kier molecular flexibility index (Phi) is 9.22. The van der Waals surface area contributed by atoms with Crippen LogP contribution in [0.15, 0.2) is 0 Å². The van der Waals surface area contributed by atoms with Gasteiger partial charge < -0.3 is 44.8 Å². The molecule has 0 aromatic rings. The Bertz CT molecular complexity index is 1050. The van der Waals surface area contributed by atoms with E-state index in [1.54, 1.807) is 0 Å². The second kappa shape index (κ2) is 10.6. The van der Waals surface area contributed by atoms with Crippen LogP contribution in [0.5, 0.6) is 0 Å². The zero-order chi connectivity index (χ0) is 27.1. The third-order valence-electron chi connectivity index (χ3n) is 4.89. The summed E-state index contributed by atoms with van der Waals surface area (Å²) in [7, 11) is -16.5. The van der Waals surface area contributed by atoms with Gasteiger partial charge in [0.15, 0.2) is 12.4 Å². The molecule has 2 aliphatic rings. The maximum Gasteiger partial charge on any atom is 0.397 e. The molecule has 0 radical (unpaired) electrons. The Labute approximate surface area is 196 Å². The lowest BCUT2D eigenvalue weighted by molar-refractivity contribution is -0.361. The fourth-order valence-corrected chi connectivity index (χ4v) is 4.83. The van der Waals surface area contributed by atoms with Gasteiger partial charge in [0.2, 0.25) is 6.29 Å². The quantitative estimate of drug-likeness (QED) is 0.114. The number of hydrogen-bond donors (Lipinski definition) is 9. The lowest BCUT2D eigenvalue weighted by Crippen LogP contribution is -2.72. The molecule has 2 rings (SSSR count). The first-order valence-corrected chi connectivity index (χ1v) is 13.2. The smallest absolute Gasteiger partial charge is 0.394 e. The van der Waals surface area contributed by atoms with Crippen LogP contribution >= 0.6 is 0 Å². The monoisotopic (exact) mass is 582 g/mol. The largest absolute Gasteiger partial charge is 0.397 e. The molecule has 10 atom stereocenters. The Balaban J connectivity index is 2.51. The topological polar surface area (TPSA) is 331 Å². The van der Waals surface area contributed by atoms with E-state index in [4.69, 9.17) is 23.3 Å². The molecule has 2 fully saturated rings. The Hall–Kier alpha value is -0.710. The summed E-state index contributed by atoms with van der Waals surface area (Å²) in [6, 6.07) is 0. The average molecular weight is 582 g/mol. The van der Waals surface area contributed by atoms with Crippen molar-refractivity contribution in [3.05, 3.63) is 0 Å². The van der Waals surface area contributed by atoms with E-state index in [1.807, 2.05) is 0 Å². The summed E-state index contributed by atoms with van der Waals surface area (Å²) in [5, 5.41) is 60.1. The first kappa shape index (κ1) is 30.5. The fourth-order valence-electron chi connectivity index (χ4n) is 3.23. The van der Waals surface area contributed by atoms with E-state index in [-0.39, 0.29) is 0 Å². The van der Waals surface area contributed by atoms with Crippen LogP contribution in [-0.2, 0) is 53.5 Å². The number of ether oxygens (including phenoxy) is 3. The first-order chi connectivity index (χ1) is 15.7. The third-order valence-corrected chi connectivity index (χ3v) is 7.05. The second-order valence-electron chi connectivity index (χ2n) is 7.21. The zero-order valence-electron chi connectivity index (χ0n) is 16.9. The molecule has 9 N–H and O–H groups in total. The molecule has 0 unspecified atom stereocenters. The van der Waals surface area contributed by atoms with Crippen LogP contribution in [0.1, 0.15) is 0 Å². The van der Waals surface area contributed by atoms with Crippen LogP contribution < -0.4 is 0 Å². The molecule has 2 aliphatic heterocycles. The molecule has 0 spiro atoms. The normalized spacial score (nSPS) is 41.6. The molecule has 0 bridgehead atoms. The highest BCUT2D eigenvalue weighted by atomic mass is 32.3. The number of aliphatic hydroxyl groups is 6. The molecular formula is C12H22O20S3. The van der Waals surface area contributed by atoms with Crippen molar-refractivity contribution in [2.45, 2.75) is 60.2 Å². The fraction of sp³-hybridized carbons (Fsp3) is 1.00. The minimum atomic E-state index is -5.85. The van der Waals surface area contributed by atoms with Gasteiger partial charge in [0.1, 0.15) is 36.6 Å². The number of aliphatic hydroxyl groups excluding tert-OH is 5.